The third-order valence-corrected chi connectivity index (χ3v) is 5.66. The Bertz CT molecular complexity index is 441. The molecule has 1 aromatic carbocycles. The van der Waals surface area contributed by atoms with E-state index in [0.717, 1.165) is 12.5 Å². The van der Waals surface area contributed by atoms with Crippen molar-refractivity contribution in [2.24, 2.45) is 11.8 Å². The highest BCUT2D eigenvalue weighted by atomic mass is 79.9. The van der Waals surface area contributed by atoms with Crippen molar-refractivity contribution in [3.8, 4) is 0 Å². The van der Waals surface area contributed by atoms with E-state index in [1.54, 1.807) is 0 Å². The van der Waals surface area contributed by atoms with Gasteiger partial charge in [-0.2, -0.15) is 0 Å². The third kappa shape index (κ3) is 3.83. The highest BCUT2D eigenvalue weighted by Gasteiger charge is 2.34. The van der Waals surface area contributed by atoms with Gasteiger partial charge >= 0.3 is 0 Å². The van der Waals surface area contributed by atoms with Gasteiger partial charge in [0, 0.05) is 15.0 Å². The molecule has 2 atom stereocenters. The Morgan fingerprint density at radius 1 is 1.26 bits per heavy atom. The summed E-state index contributed by atoms with van der Waals surface area (Å²) in [5.41, 5.74) is 2.68. The molecule has 19 heavy (non-hydrogen) atoms. The van der Waals surface area contributed by atoms with E-state index in [-0.39, 0.29) is 0 Å². The van der Waals surface area contributed by atoms with E-state index in [4.69, 9.17) is 0 Å². The maximum atomic E-state index is 3.75. The second-order valence-electron chi connectivity index (χ2n) is 5.75. The van der Waals surface area contributed by atoms with Gasteiger partial charge in [0.05, 0.1) is 0 Å². The quantitative estimate of drug-likeness (QED) is 0.667. The largest absolute Gasteiger partial charge is 0.310 e. The van der Waals surface area contributed by atoms with Gasteiger partial charge in [-0.1, -0.05) is 45.7 Å². The van der Waals surface area contributed by atoms with E-state index in [2.05, 4.69) is 70.1 Å². The van der Waals surface area contributed by atoms with Crippen LogP contribution in [0.3, 0.4) is 0 Å². The Labute approximate surface area is 133 Å². The van der Waals surface area contributed by atoms with E-state index in [9.17, 15) is 0 Å². The molecule has 106 valence electrons. The normalized spacial score (nSPS) is 18.4. The van der Waals surface area contributed by atoms with Crippen LogP contribution in [-0.2, 0) is 0 Å². The molecular weight excluding hydrogens is 366 g/mol. The zero-order chi connectivity index (χ0) is 14.0. The Balaban J connectivity index is 2.28. The van der Waals surface area contributed by atoms with E-state index < -0.39 is 0 Å². The lowest BCUT2D eigenvalue weighted by Gasteiger charge is -2.27. The molecule has 0 spiro atoms. The molecule has 0 saturated heterocycles. The molecule has 0 bridgehead atoms. The number of aryl methyl sites for hydroxylation is 1. The van der Waals surface area contributed by atoms with Gasteiger partial charge in [-0.3, -0.25) is 0 Å². The fourth-order valence-corrected chi connectivity index (χ4v) is 3.74. The minimum atomic E-state index is 0.457. The van der Waals surface area contributed by atoms with Crippen LogP contribution in [0, 0.1) is 18.8 Å². The monoisotopic (exact) mass is 387 g/mol. The summed E-state index contributed by atoms with van der Waals surface area (Å²) < 4.78 is 2.44. The van der Waals surface area contributed by atoms with E-state index in [0.29, 0.717) is 12.0 Å². The van der Waals surface area contributed by atoms with E-state index in [1.807, 2.05) is 0 Å². The molecule has 1 nitrogen and oxygen atoms in total. The Kier molecular flexibility index (Phi) is 5.50. The van der Waals surface area contributed by atoms with Crippen molar-refractivity contribution >= 4 is 31.9 Å². The molecule has 0 aromatic heterocycles. The van der Waals surface area contributed by atoms with E-state index >= 15 is 0 Å². The summed E-state index contributed by atoms with van der Waals surface area (Å²) >= 11 is 7.42. The second kappa shape index (κ2) is 6.73. The van der Waals surface area contributed by atoms with Gasteiger partial charge in [-0.05, 0) is 67.8 Å². The molecule has 1 fully saturated rings. The van der Waals surface area contributed by atoms with E-state index in [1.165, 1.54) is 39.3 Å². The zero-order valence-electron chi connectivity index (χ0n) is 12.0. The summed E-state index contributed by atoms with van der Waals surface area (Å²) in [6.07, 6.45) is 3.98. The van der Waals surface area contributed by atoms with Crippen LogP contribution < -0.4 is 5.32 Å². The van der Waals surface area contributed by atoms with Crippen LogP contribution in [0.2, 0.25) is 0 Å². The van der Waals surface area contributed by atoms with Crippen LogP contribution in [0.4, 0.5) is 0 Å². The van der Waals surface area contributed by atoms with Gasteiger partial charge in [-0.25, -0.2) is 0 Å². The topological polar surface area (TPSA) is 12.0 Å². The standard InChI is InChI=1S/C16H23Br2N/c1-4-7-19-16(11(3)12-5-6-12)13-9-14(17)10(2)8-15(13)18/h8-9,11-12,16,19H,4-7H2,1-3H3. The highest BCUT2D eigenvalue weighted by Crippen LogP contribution is 2.44. The number of benzene rings is 1. The summed E-state index contributed by atoms with van der Waals surface area (Å²) in [5, 5.41) is 3.74. The Morgan fingerprint density at radius 2 is 1.95 bits per heavy atom. The smallest absolute Gasteiger partial charge is 0.0360 e. The number of hydrogen-bond acceptors (Lipinski definition) is 1. The van der Waals surface area contributed by atoms with Gasteiger partial charge in [0.2, 0.25) is 0 Å². The first-order chi connectivity index (χ1) is 9.04. The highest BCUT2D eigenvalue weighted by molar-refractivity contribution is 9.11. The molecule has 1 aromatic rings. The van der Waals surface area contributed by atoms with Gasteiger partial charge in [0.1, 0.15) is 0 Å². The van der Waals surface area contributed by atoms with Crippen molar-refractivity contribution in [3.63, 3.8) is 0 Å². The maximum absolute atomic E-state index is 3.75. The summed E-state index contributed by atoms with van der Waals surface area (Å²) in [7, 11) is 0. The summed E-state index contributed by atoms with van der Waals surface area (Å²) in [5.74, 6) is 1.61. The molecule has 1 N–H and O–H groups in total. The molecule has 0 amide bonds. The first-order valence-electron chi connectivity index (χ1n) is 7.23. The number of nitrogens with one attached hydrogen (secondary N) is 1. The van der Waals surface area contributed by atoms with Gasteiger partial charge in [0.15, 0.2) is 0 Å². The number of halogens is 2. The minimum Gasteiger partial charge on any atom is -0.310 e. The van der Waals surface area contributed by atoms with Crippen molar-refractivity contribution in [3.05, 3.63) is 32.2 Å². The maximum Gasteiger partial charge on any atom is 0.0360 e. The molecule has 2 rings (SSSR count). The Hall–Kier alpha value is 0.140. The lowest BCUT2D eigenvalue weighted by Crippen LogP contribution is -2.29. The lowest BCUT2D eigenvalue weighted by molar-refractivity contribution is 0.348. The molecular formula is C16H23Br2N. The molecule has 0 radical (unpaired) electrons. The fraction of sp³-hybridized carbons (Fsp3) is 0.625. The average Bonchev–Trinajstić information content (AvgIpc) is 3.19. The SMILES string of the molecule is CCCNC(c1cc(Br)c(C)cc1Br)C(C)C1CC1. The second-order valence-corrected chi connectivity index (χ2v) is 7.46. The predicted molar refractivity (Wildman–Crippen MR) is 89.5 cm³/mol. The average molecular weight is 389 g/mol. The molecule has 3 heteroatoms. The first-order valence-corrected chi connectivity index (χ1v) is 8.82. The molecule has 1 aliphatic rings. The van der Waals surface area contributed by atoms with Crippen LogP contribution in [0.25, 0.3) is 0 Å². The fourth-order valence-electron chi connectivity index (χ4n) is 2.67. The molecule has 0 aliphatic heterocycles. The summed E-state index contributed by atoms with van der Waals surface area (Å²) in [4.78, 5) is 0. The van der Waals surface area contributed by atoms with Crippen LogP contribution in [-0.4, -0.2) is 6.54 Å². The van der Waals surface area contributed by atoms with Crippen molar-refractivity contribution < 1.29 is 0 Å². The lowest BCUT2D eigenvalue weighted by atomic mass is 9.90. The number of rotatable bonds is 6. The van der Waals surface area contributed by atoms with Gasteiger partial charge in [-0.15, -0.1) is 0 Å². The molecule has 0 heterocycles. The van der Waals surface area contributed by atoms with Crippen LogP contribution >= 0.6 is 31.9 Å². The molecule has 1 saturated carbocycles. The first kappa shape index (κ1) is 15.5. The van der Waals surface area contributed by atoms with Crippen molar-refractivity contribution in [1.29, 1.82) is 0 Å². The summed E-state index contributed by atoms with van der Waals surface area (Å²) in [6.45, 7) is 7.84. The molecule has 1 aliphatic carbocycles. The Morgan fingerprint density at radius 3 is 2.53 bits per heavy atom. The minimum absolute atomic E-state index is 0.457. The number of hydrogen-bond donors (Lipinski definition) is 1. The van der Waals surface area contributed by atoms with Crippen LogP contribution in [0.15, 0.2) is 21.1 Å². The summed E-state index contributed by atoms with van der Waals surface area (Å²) in [6, 6.07) is 4.96. The predicted octanol–water partition coefficient (Wildman–Crippen LogP) is 5.61. The van der Waals surface area contributed by atoms with Crippen LogP contribution in [0.1, 0.15) is 50.3 Å². The van der Waals surface area contributed by atoms with Crippen molar-refractivity contribution in [2.45, 2.75) is 46.1 Å². The molecule has 2 unspecified atom stereocenters. The van der Waals surface area contributed by atoms with Crippen molar-refractivity contribution in [1.82, 2.24) is 5.32 Å². The van der Waals surface area contributed by atoms with Gasteiger partial charge in [0.25, 0.3) is 0 Å². The van der Waals surface area contributed by atoms with Crippen LogP contribution in [0.5, 0.6) is 0 Å². The third-order valence-electron chi connectivity index (χ3n) is 4.12. The van der Waals surface area contributed by atoms with Crippen molar-refractivity contribution in [2.75, 3.05) is 6.54 Å². The van der Waals surface area contributed by atoms with Gasteiger partial charge < -0.3 is 5.32 Å². The zero-order valence-corrected chi connectivity index (χ0v) is 15.1.